The third-order valence-corrected chi connectivity index (χ3v) is 5.67. The summed E-state index contributed by atoms with van der Waals surface area (Å²) >= 11 is 0. The SMILES string of the molecule is CCCN(C(=O)CNC(=O)Nc1cccc(C)c1)C1CCN(C(=O)c2ccccc2)CC1. The summed E-state index contributed by atoms with van der Waals surface area (Å²) in [4.78, 5) is 41.5. The highest BCUT2D eigenvalue weighted by molar-refractivity contribution is 5.94. The Kier molecular flexibility index (Phi) is 8.25. The summed E-state index contributed by atoms with van der Waals surface area (Å²) in [6, 6.07) is 16.5. The zero-order valence-electron chi connectivity index (χ0n) is 18.8. The van der Waals surface area contributed by atoms with E-state index < -0.39 is 6.03 Å². The number of carbonyl (C=O) groups is 3. The van der Waals surface area contributed by atoms with Gasteiger partial charge in [-0.3, -0.25) is 9.59 Å². The number of aryl methyl sites for hydroxylation is 1. The van der Waals surface area contributed by atoms with Crippen LogP contribution in [0.2, 0.25) is 0 Å². The molecule has 0 unspecified atom stereocenters. The maximum absolute atomic E-state index is 12.9. The molecule has 1 saturated heterocycles. The molecule has 7 heteroatoms. The van der Waals surface area contributed by atoms with Crippen LogP contribution in [0.1, 0.15) is 42.1 Å². The lowest BCUT2D eigenvalue weighted by molar-refractivity contribution is -0.133. The van der Waals surface area contributed by atoms with Gasteiger partial charge in [-0.05, 0) is 56.0 Å². The molecular weight excluding hydrogens is 404 g/mol. The number of nitrogens with zero attached hydrogens (tertiary/aromatic N) is 2. The normalized spacial score (nSPS) is 14.0. The van der Waals surface area contributed by atoms with Crippen LogP contribution in [0.3, 0.4) is 0 Å². The van der Waals surface area contributed by atoms with E-state index >= 15 is 0 Å². The predicted octanol–water partition coefficient (Wildman–Crippen LogP) is 3.66. The van der Waals surface area contributed by atoms with Crippen LogP contribution in [0.4, 0.5) is 10.5 Å². The Morgan fingerprint density at radius 2 is 1.75 bits per heavy atom. The Morgan fingerprint density at radius 3 is 2.41 bits per heavy atom. The number of nitrogens with one attached hydrogen (secondary N) is 2. The second kappa shape index (κ2) is 11.3. The molecule has 0 bridgehead atoms. The maximum Gasteiger partial charge on any atom is 0.319 e. The first kappa shape index (κ1) is 23.3. The average molecular weight is 437 g/mol. The van der Waals surface area contributed by atoms with Crippen molar-refractivity contribution in [3.05, 3.63) is 65.7 Å². The number of benzene rings is 2. The van der Waals surface area contributed by atoms with E-state index in [1.807, 2.05) is 78.2 Å². The van der Waals surface area contributed by atoms with Gasteiger partial charge in [0, 0.05) is 36.9 Å². The molecule has 3 rings (SSSR count). The van der Waals surface area contributed by atoms with Crippen molar-refractivity contribution in [1.82, 2.24) is 15.1 Å². The van der Waals surface area contributed by atoms with E-state index in [1.165, 1.54) is 0 Å². The fraction of sp³-hybridized carbons (Fsp3) is 0.400. The number of amides is 4. The van der Waals surface area contributed by atoms with Gasteiger partial charge in [0.05, 0.1) is 6.54 Å². The lowest BCUT2D eigenvalue weighted by Crippen LogP contribution is -2.51. The number of anilines is 1. The quantitative estimate of drug-likeness (QED) is 0.695. The van der Waals surface area contributed by atoms with Gasteiger partial charge in [0.2, 0.25) is 5.91 Å². The van der Waals surface area contributed by atoms with E-state index in [-0.39, 0.29) is 24.4 Å². The Balaban J connectivity index is 1.50. The fourth-order valence-electron chi connectivity index (χ4n) is 4.05. The summed E-state index contributed by atoms with van der Waals surface area (Å²) in [5.41, 5.74) is 2.43. The summed E-state index contributed by atoms with van der Waals surface area (Å²) in [6.45, 7) is 5.80. The molecule has 2 aromatic rings. The first-order chi connectivity index (χ1) is 15.5. The molecule has 0 spiro atoms. The lowest BCUT2D eigenvalue weighted by Gasteiger charge is -2.38. The third-order valence-electron chi connectivity index (χ3n) is 5.67. The van der Waals surface area contributed by atoms with Gasteiger partial charge in [-0.25, -0.2) is 4.79 Å². The minimum absolute atomic E-state index is 0.0342. The van der Waals surface area contributed by atoms with Crippen LogP contribution in [0.25, 0.3) is 0 Å². The molecule has 7 nitrogen and oxygen atoms in total. The smallest absolute Gasteiger partial charge is 0.319 e. The number of piperidine rings is 1. The first-order valence-electron chi connectivity index (χ1n) is 11.2. The predicted molar refractivity (Wildman–Crippen MR) is 126 cm³/mol. The summed E-state index contributed by atoms with van der Waals surface area (Å²) in [6.07, 6.45) is 2.31. The van der Waals surface area contributed by atoms with Gasteiger partial charge in [-0.15, -0.1) is 0 Å². The molecule has 0 aliphatic carbocycles. The van der Waals surface area contributed by atoms with Gasteiger partial charge >= 0.3 is 6.03 Å². The Morgan fingerprint density at radius 1 is 1.03 bits per heavy atom. The van der Waals surface area contributed by atoms with E-state index in [0.29, 0.717) is 30.9 Å². The first-order valence-corrected chi connectivity index (χ1v) is 11.2. The number of carbonyl (C=O) groups excluding carboxylic acids is 3. The number of rotatable bonds is 7. The summed E-state index contributed by atoms with van der Waals surface area (Å²) in [5.74, 6) is -0.0639. The zero-order chi connectivity index (χ0) is 22.9. The van der Waals surface area contributed by atoms with Gasteiger partial charge in [-0.1, -0.05) is 37.3 Å². The van der Waals surface area contributed by atoms with Crippen molar-refractivity contribution >= 4 is 23.5 Å². The second-order valence-corrected chi connectivity index (χ2v) is 8.15. The minimum Gasteiger partial charge on any atom is -0.338 e. The Hall–Kier alpha value is -3.35. The van der Waals surface area contributed by atoms with Crippen LogP contribution in [0, 0.1) is 6.92 Å². The van der Waals surface area contributed by atoms with Crippen LogP contribution in [0.15, 0.2) is 54.6 Å². The van der Waals surface area contributed by atoms with Crippen LogP contribution in [0.5, 0.6) is 0 Å². The molecule has 4 amide bonds. The van der Waals surface area contributed by atoms with Crippen molar-refractivity contribution in [2.75, 3.05) is 31.5 Å². The molecule has 1 aliphatic heterocycles. The van der Waals surface area contributed by atoms with E-state index in [1.54, 1.807) is 0 Å². The lowest BCUT2D eigenvalue weighted by atomic mass is 10.0. The van der Waals surface area contributed by atoms with Crippen LogP contribution >= 0.6 is 0 Å². The van der Waals surface area contributed by atoms with Gasteiger partial charge in [0.15, 0.2) is 0 Å². The van der Waals surface area contributed by atoms with Crippen molar-refractivity contribution in [2.24, 2.45) is 0 Å². The van der Waals surface area contributed by atoms with Gasteiger partial charge < -0.3 is 20.4 Å². The average Bonchev–Trinajstić information content (AvgIpc) is 2.81. The largest absolute Gasteiger partial charge is 0.338 e. The van der Waals surface area contributed by atoms with Crippen molar-refractivity contribution in [1.29, 1.82) is 0 Å². The van der Waals surface area contributed by atoms with Crippen molar-refractivity contribution in [3.8, 4) is 0 Å². The highest BCUT2D eigenvalue weighted by Crippen LogP contribution is 2.19. The van der Waals surface area contributed by atoms with Crippen LogP contribution in [-0.4, -0.2) is 59.9 Å². The summed E-state index contributed by atoms with van der Waals surface area (Å²) in [7, 11) is 0. The van der Waals surface area contributed by atoms with Gasteiger partial charge in [-0.2, -0.15) is 0 Å². The third kappa shape index (κ3) is 6.33. The molecule has 2 aromatic carbocycles. The number of hydrogen-bond acceptors (Lipinski definition) is 3. The molecule has 1 heterocycles. The molecule has 0 aromatic heterocycles. The topological polar surface area (TPSA) is 81.8 Å². The standard InChI is InChI=1S/C25H32N4O3/c1-3-14-29(23(30)18-26-25(32)27-21-11-7-8-19(2)17-21)22-12-15-28(16-13-22)24(31)20-9-5-4-6-10-20/h4-11,17,22H,3,12-16,18H2,1-2H3,(H2,26,27,32). The highest BCUT2D eigenvalue weighted by Gasteiger charge is 2.29. The van der Waals surface area contributed by atoms with Crippen molar-refractivity contribution in [2.45, 2.75) is 39.2 Å². The monoisotopic (exact) mass is 436 g/mol. The summed E-state index contributed by atoms with van der Waals surface area (Å²) < 4.78 is 0. The summed E-state index contributed by atoms with van der Waals surface area (Å²) in [5, 5.41) is 5.43. The minimum atomic E-state index is -0.399. The molecule has 0 atom stereocenters. The molecule has 170 valence electrons. The molecular formula is C25H32N4O3. The zero-order valence-corrected chi connectivity index (χ0v) is 18.8. The maximum atomic E-state index is 12.9. The van der Waals surface area contributed by atoms with Crippen molar-refractivity contribution < 1.29 is 14.4 Å². The van der Waals surface area contributed by atoms with E-state index in [2.05, 4.69) is 10.6 Å². The molecule has 1 aliphatic rings. The van der Waals surface area contributed by atoms with Crippen LogP contribution < -0.4 is 10.6 Å². The molecule has 0 saturated carbocycles. The van der Waals surface area contributed by atoms with Crippen LogP contribution in [-0.2, 0) is 4.79 Å². The van der Waals surface area contributed by atoms with E-state index in [4.69, 9.17) is 0 Å². The highest BCUT2D eigenvalue weighted by atomic mass is 16.2. The molecule has 0 radical (unpaired) electrons. The van der Waals surface area contributed by atoms with E-state index in [0.717, 1.165) is 24.8 Å². The Bertz CT molecular complexity index is 924. The Labute approximate surface area is 189 Å². The van der Waals surface area contributed by atoms with Crippen molar-refractivity contribution in [3.63, 3.8) is 0 Å². The van der Waals surface area contributed by atoms with E-state index in [9.17, 15) is 14.4 Å². The number of urea groups is 1. The number of hydrogen-bond donors (Lipinski definition) is 2. The molecule has 2 N–H and O–H groups in total. The molecule has 32 heavy (non-hydrogen) atoms. The molecule has 1 fully saturated rings. The number of likely N-dealkylation sites (tertiary alicyclic amines) is 1. The second-order valence-electron chi connectivity index (χ2n) is 8.15. The fourth-order valence-corrected chi connectivity index (χ4v) is 4.05. The van der Waals surface area contributed by atoms with Gasteiger partial charge in [0.25, 0.3) is 5.91 Å². The van der Waals surface area contributed by atoms with Gasteiger partial charge in [0.1, 0.15) is 0 Å².